The number of hydrogen-bond acceptors (Lipinski definition) is 10. The summed E-state index contributed by atoms with van der Waals surface area (Å²) in [6.45, 7) is 8.24. The number of fused-ring (bicyclic) bond motifs is 1. The maximum absolute atomic E-state index is 15.4. The molecule has 0 saturated carbocycles. The molecule has 16 heteroatoms. The fourth-order valence-corrected chi connectivity index (χ4v) is 8.34. The highest BCUT2D eigenvalue weighted by molar-refractivity contribution is 7.89. The van der Waals surface area contributed by atoms with Gasteiger partial charge in [0, 0.05) is 58.3 Å². The molecule has 3 fully saturated rings. The largest absolute Gasteiger partial charge is 0.444 e. The van der Waals surface area contributed by atoms with Crippen molar-refractivity contribution in [3.8, 4) is 0 Å². The lowest BCUT2D eigenvalue weighted by atomic mass is 10.0. The topological polar surface area (TPSA) is 166 Å². The average Bonchev–Trinajstić information content (AvgIpc) is 3.28. The van der Waals surface area contributed by atoms with E-state index in [1.165, 1.54) is 10.4 Å². The van der Waals surface area contributed by atoms with Crippen molar-refractivity contribution in [2.24, 2.45) is 0 Å². The summed E-state index contributed by atoms with van der Waals surface area (Å²) >= 11 is 0. The smallest absolute Gasteiger partial charge is 0.407 e. The highest BCUT2D eigenvalue weighted by atomic mass is 32.2. The first-order chi connectivity index (χ1) is 23.6. The van der Waals surface area contributed by atoms with Crippen molar-refractivity contribution >= 4 is 45.4 Å². The summed E-state index contributed by atoms with van der Waals surface area (Å²) in [5.41, 5.74) is 0.258. The zero-order chi connectivity index (χ0) is 36.0. The third kappa shape index (κ3) is 7.37. The molecule has 2 aromatic carbocycles. The SMILES string of the molecule is CC(C)(C)OC(=O)NC1CCN(S(=O)(=O)c2cccc(CN3CCN(c4cc5c(cc4F)C(=O)N(C4CCC(=O)NC4=O)C5=O)CC3)c2)CC1. The Morgan fingerprint density at radius 1 is 0.940 bits per heavy atom. The van der Waals surface area contributed by atoms with E-state index in [-0.39, 0.29) is 53.7 Å². The standard InChI is InChI=1S/C34H41FN6O8S/c1-34(2,3)49-33(46)36-22-9-11-40(12-10-22)50(47,48)23-6-4-5-21(17-23)20-38-13-15-39(16-14-38)28-19-25-24(18-26(28)35)31(44)41(32(25)45)27-7-8-29(42)37-30(27)43/h4-6,17-19,22,27H,7-16,20H2,1-3H3,(H,36,46)(H,37,42,43). The van der Waals surface area contributed by atoms with Crippen LogP contribution in [0.2, 0.25) is 0 Å². The van der Waals surface area contributed by atoms with Gasteiger partial charge in [-0.15, -0.1) is 0 Å². The number of sulfonamides is 1. The highest BCUT2D eigenvalue weighted by Gasteiger charge is 2.45. The minimum Gasteiger partial charge on any atom is -0.444 e. The molecule has 5 amide bonds. The van der Waals surface area contributed by atoms with Crippen LogP contribution in [0.3, 0.4) is 0 Å². The number of halogens is 1. The van der Waals surface area contributed by atoms with Gasteiger partial charge in [-0.2, -0.15) is 4.31 Å². The average molecular weight is 713 g/mol. The number of imide groups is 2. The molecule has 0 aromatic heterocycles. The van der Waals surface area contributed by atoms with Crippen LogP contribution in [0.5, 0.6) is 0 Å². The second kappa shape index (κ2) is 13.7. The van der Waals surface area contributed by atoms with Gasteiger partial charge in [-0.3, -0.25) is 34.3 Å². The number of nitrogens with one attached hydrogen (secondary N) is 2. The molecule has 2 N–H and O–H groups in total. The first kappa shape index (κ1) is 35.4. The Labute approximate surface area is 289 Å². The zero-order valence-corrected chi connectivity index (χ0v) is 29.1. The van der Waals surface area contributed by atoms with Gasteiger partial charge >= 0.3 is 6.09 Å². The number of carbonyl (C=O) groups is 5. The number of anilines is 1. The van der Waals surface area contributed by atoms with Gasteiger partial charge in [0.25, 0.3) is 11.8 Å². The molecule has 50 heavy (non-hydrogen) atoms. The van der Waals surface area contributed by atoms with Crippen LogP contribution >= 0.6 is 0 Å². The van der Waals surface area contributed by atoms with Gasteiger partial charge in [0.1, 0.15) is 17.5 Å². The Kier molecular flexibility index (Phi) is 9.72. The predicted octanol–water partition coefficient (Wildman–Crippen LogP) is 2.23. The number of carbonyl (C=O) groups excluding carboxylic acids is 5. The van der Waals surface area contributed by atoms with E-state index in [0.717, 1.165) is 16.5 Å². The number of nitrogens with zero attached hydrogens (tertiary/aromatic N) is 4. The molecular weight excluding hydrogens is 671 g/mol. The lowest BCUT2D eigenvalue weighted by Crippen LogP contribution is -2.54. The first-order valence-electron chi connectivity index (χ1n) is 16.7. The third-order valence-electron chi connectivity index (χ3n) is 9.34. The van der Waals surface area contributed by atoms with Crippen LogP contribution in [0.4, 0.5) is 14.9 Å². The molecular formula is C34H41FN6O8S. The monoisotopic (exact) mass is 712 g/mol. The second-order valence-electron chi connectivity index (χ2n) is 14.0. The van der Waals surface area contributed by atoms with E-state index in [4.69, 9.17) is 4.74 Å². The molecule has 1 atom stereocenters. The van der Waals surface area contributed by atoms with E-state index < -0.39 is 57.2 Å². The van der Waals surface area contributed by atoms with Gasteiger partial charge in [-0.05, 0) is 69.9 Å². The second-order valence-corrected chi connectivity index (χ2v) is 16.0. The van der Waals surface area contributed by atoms with Crippen LogP contribution in [0, 0.1) is 5.82 Å². The number of alkyl carbamates (subject to hydrolysis) is 1. The van der Waals surface area contributed by atoms with Gasteiger partial charge in [0.05, 0.1) is 21.7 Å². The van der Waals surface area contributed by atoms with Gasteiger partial charge in [-0.1, -0.05) is 12.1 Å². The molecule has 2 aromatic rings. The van der Waals surface area contributed by atoms with Crippen molar-refractivity contribution < 1.29 is 41.5 Å². The quantitative estimate of drug-likeness (QED) is 0.407. The first-order valence-corrected chi connectivity index (χ1v) is 18.2. The molecule has 0 aliphatic carbocycles. The summed E-state index contributed by atoms with van der Waals surface area (Å²) < 4.78 is 49.2. The fourth-order valence-electron chi connectivity index (χ4n) is 6.79. The Hall–Kier alpha value is -4.41. The summed E-state index contributed by atoms with van der Waals surface area (Å²) in [6.07, 6.45) is 0.417. The van der Waals surface area contributed by atoms with Crippen LogP contribution in [0.15, 0.2) is 41.3 Å². The van der Waals surface area contributed by atoms with Gasteiger partial charge < -0.3 is 15.0 Å². The molecule has 4 heterocycles. The van der Waals surface area contributed by atoms with E-state index >= 15 is 4.39 Å². The van der Waals surface area contributed by atoms with Gasteiger partial charge in [0.2, 0.25) is 21.8 Å². The van der Waals surface area contributed by atoms with Crippen molar-refractivity contribution in [3.05, 3.63) is 58.9 Å². The summed E-state index contributed by atoms with van der Waals surface area (Å²) in [5, 5.41) is 4.97. The van der Waals surface area contributed by atoms with E-state index in [9.17, 15) is 32.4 Å². The van der Waals surface area contributed by atoms with Crippen molar-refractivity contribution in [2.75, 3.05) is 44.2 Å². The normalized spacial score (nSPS) is 21.3. The van der Waals surface area contributed by atoms with Crippen molar-refractivity contribution in [1.29, 1.82) is 0 Å². The molecule has 14 nitrogen and oxygen atoms in total. The molecule has 1 unspecified atom stereocenters. The predicted molar refractivity (Wildman–Crippen MR) is 178 cm³/mol. The van der Waals surface area contributed by atoms with Crippen LogP contribution in [0.1, 0.15) is 72.7 Å². The summed E-state index contributed by atoms with van der Waals surface area (Å²) in [7, 11) is -3.76. The lowest BCUT2D eigenvalue weighted by Gasteiger charge is -2.36. The summed E-state index contributed by atoms with van der Waals surface area (Å²) in [6, 6.07) is 7.90. The molecule has 268 valence electrons. The van der Waals surface area contributed by atoms with Crippen LogP contribution in [-0.4, -0.2) is 109 Å². The van der Waals surface area contributed by atoms with Crippen LogP contribution < -0.4 is 15.5 Å². The van der Waals surface area contributed by atoms with Crippen molar-refractivity contribution in [3.63, 3.8) is 0 Å². The zero-order valence-electron chi connectivity index (χ0n) is 28.2. The summed E-state index contributed by atoms with van der Waals surface area (Å²) in [5.74, 6) is -3.33. The van der Waals surface area contributed by atoms with Crippen LogP contribution in [0.25, 0.3) is 0 Å². The minimum absolute atomic E-state index is 0.00996. The number of piperazine rings is 1. The maximum Gasteiger partial charge on any atom is 0.407 e. The van der Waals surface area contributed by atoms with Crippen LogP contribution in [-0.2, 0) is 30.9 Å². The van der Waals surface area contributed by atoms with E-state index in [1.54, 1.807) is 43.9 Å². The molecule has 0 spiro atoms. The Balaban J connectivity index is 1.05. The fraction of sp³-hybridized carbons (Fsp3) is 0.500. The van der Waals surface area contributed by atoms with E-state index in [1.807, 2.05) is 6.07 Å². The van der Waals surface area contributed by atoms with Crippen molar-refractivity contribution in [2.45, 2.75) is 75.6 Å². The number of rotatable bonds is 7. The molecule has 0 radical (unpaired) electrons. The number of ether oxygens (including phenoxy) is 1. The van der Waals surface area contributed by atoms with E-state index in [0.29, 0.717) is 45.6 Å². The van der Waals surface area contributed by atoms with E-state index in [2.05, 4.69) is 15.5 Å². The Morgan fingerprint density at radius 2 is 1.60 bits per heavy atom. The minimum atomic E-state index is -3.76. The lowest BCUT2D eigenvalue weighted by molar-refractivity contribution is -0.136. The highest BCUT2D eigenvalue weighted by Crippen LogP contribution is 2.33. The summed E-state index contributed by atoms with van der Waals surface area (Å²) in [4.78, 5) is 67.3. The molecule has 4 aliphatic rings. The van der Waals surface area contributed by atoms with Gasteiger partial charge in [-0.25, -0.2) is 17.6 Å². The molecule has 0 bridgehead atoms. The third-order valence-corrected chi connectivity index (χ3v) is 11.2. The molecule has 3 saturated heterocycles. The van der Waals surface area contributed by atoms with Crippen molar-refractivity contribution in [1.82, 2.24) is 24.7 Å². The molecule has 6 rings (SSSR count). The number of amides is 5. The maximum atomic E-state index is 15.4. The number of benzene rings is 2. The van der Waals surface area contributed by atoms with Gasteiger partial charge in [0.15, 0.2) is 0 Å². The number of hydrogen-bond donors (Lipinski definition) is 2. The number of piperidine rings is 2. The Morgan fingerprint density at radius 3 is 2.24 bits per heavy atom. The molecule has 4 aliphatic heterocycles. The Bertz CT molecular complexity index is 1830.